The summed E-state index contributed by atoms with van der Waals surface area (Å²) in [6, 6.07) is 7.15. The minimum atomic E-state index is -0.389. The number of terminal acetylenes is 1. The van der Waals surface area contributed by atoms with Gasteiger partial charge in [-0.1, -0.05) is 12.0 Å². The van der Waals surface area contributed by atoms with Gasteiger partial charge in [0.05, 0.1) is 11.6 Å². The Bertz CT molecular complexity index is 1040. The van der Waals surface area contributed by atoms with Crippen molar-refractivity contribution in [3.63, 3.8) is 0 Å². The van der Waals surface area contributed by atoms with Crippen molar-refractivity contribution in [3.05, 3.63) is 40.3 Å². The number of amides is 3. The van der Waals surface area contributed by atoms with E-state index >= 15 is 0 Å². The molecule has 1 aliphatic heterocycles. The van der Waals surface area contributed by atoms with Crippen LogP contribution in [0.5, 0.6) is 5.75 Å². The fraction of sp³-hybridized carbons (Fsp3) is 0.417. The third-order valence-corrected chi connectivity index (χ3v) is 6.17. The fourth-order valence-electron chi connectivity index (χ4n) is 3.50. The zero-order valence-electron chi connectivity index (χ0n) is 19.0. The molecular formula is C24H28N4O5S. The Morgan fingerprint density at radius 3 is 2.82 bits per heavy atom. The smallest absolute Gasteiger partial charge is 0.410 e. The van der Waals surface area contributed by atoms with Gasteiger partial charge in [0.25, 0.3) is 5.91 Å². The molecule has 0 spiro atoms. The van der Waals surface area contributed by atoms with Gasteiger partial charge in [0, 0.05) is 49.6 Å². The molecule has 1 saturated heterocycles. The molecule has 2 aromatic rings. The summed E-state index contributed by atoms with van der Waals surface area (Å²) in [5.41, 5.74) is 1.08. The molecule has 0 aliphatic carbocycles. The van der Waals surface area contributed by atoms with Crippen LogP contribution in [0.15, 0.2) is 29.6 Å². The molecule has 0 bridgehead atoms. The lowest BCUT2D eigenvalue weighted by atomic mass is 9.98. The number of hydrogen-bond acceptors (Lipinski definition) is 7. The normalized spacial score (nSPS) is 13.6. The van der Waals surface area contributed by atoms with Gasteiger partial charge >= 0.3 is 6.09 Å². The van der Waals surface area contributed by atoms with Crippen molar-refractivity contribution < 1.29 is 23.9 Å². The summed E-state index contributed by atoms with van der Waals surface area (Å²) in [4.78, 5) is 41.6. The molecule has 0 atom stereocenters. The molecule has 0 saturated carbocycles. The van der Waals surface area contributed by atoms with E-state index in [0.29, 0.717) is 49.8 Å². The molecule has 3 rings (SSSR count). The maximum atomic E-state index is 12.4. The second kappa shape index (κ2) is 12.6. The Kier molecular flexibility index (Phi) is 9.29. The number of aromatic nitrogens is 1. The molecule has 1 fully saturated rings. The van der Waals surface area contributed by atoms with Crippen LogP contribution in [0.4, 0.5) is 10.5 Å². The topological polar surface area (TPSA) is 110 Å². The molecule has 0 radical (unpaired) electrons. The van der Waals surface area contributed by atoms with Gasteiger partial charge in [-0.3, -0.25) is 9.59 Å². The van der Waals surface area contributed by atoms with Crippen LogP contribution in [0.1, 0.15) is 47.6 Å². The first-order valence-corrected chi connectivity index (χ1v) is 11.9. The lowest BCUT2D eigenvalue weighted by molar-refractivity contribution is -0.114. The third kappa shape index (κ3) is 7.49. The van der Waals surface area contributed by atoms with Crippen LogP contribution in [0.2, 0.25) is 0 Å². The predicted molar refractivity (Wildman–Crippen MR) is 129 cm³/mol. The van der Waals surface area contributed by atoms with E-state index in [0.717, 1.165) is 17.8 Å². The zero-order chi connectivity index (χ0) is 24.3. The Hall–Kier alpha value is -3.58. The van der Waals surface area contributed by atoms with Gasteiger partial charge in [-0.25, -0.2) is 9.78 Å². The summed E-state index contributed by atoms with van der Waals surface area (Å²) in [5, 5.41) is 8.24. The van der Waals surface area contributed by atoms with E-state index in [1.165, 1.54) is 18.3 Å². The zero-order valence-corrected chi connectivity index (χ0v) is 19.9. The number of carbonyl (C=O) groups is 3. The fourth-order valence-corrected chi connectivity index (χ4v) is 4.48. The lowest BCUT2D eigenvalue weighted by Crippen LogP contribution is -2.38. The van der Waals surface area contributed by atoms with E-state index in [4.69, 9.17) is 15.9 Å². The van der Waals surface area contributed by atoms with Gasteiger partial charge < -0.3 is 25.0 Å². The van der Waals surface area contributed by atoms with E-state index in [2.05, 4.69) is 21.5 Å². The van der Waals surface area contributed by atoms with Crippen LogP contribution in [-0.4, -0.2) is 60.6 Å². The highest BCUT2D eigenvalue weighted by Gasteiger charge is 2.27. The Morgan fingerprint density at radius 2 is 2.09 bits per heavy atom. The highest BCUT2D eigenvalue weighted by atomic mass is 32.1. The Balaban J connectivity index is 1.37. The van der Waals surface area contributed by atoms with E-state index < -0.39 is 0 Å². The van der Waals surface area contributed by atoms with Gasteiger partial charge in [-0.15, -0.1) is 17.8 Å². The highest BCUT2D eigenvalue weighted by Crippen LogP contribution is 2.30. The monoisotopic (exact) mass is 484 g/mol. The molecule has 1 aromatic carbocycles. The van der Waals surface area contributed by atoms with Crippen molar-refractivity contribution >= 4 is 34.9 Å². The number of carbonyl (C=O) groups excluding carboxylic acids is 3. The molecule has 1 aliphatic rings. The molecule has 3 amide bonds. The molecular weight excluding hydrogens is 456 g/mol. The van der Waals surface area contributed by atoms with Gasteiger partial charge in [-0.05, 0) is 31.4 Å². The number of nitrogens with zero attached hydrogens (tertiary/aromatic N) is 2. The van der Waals surface area contributed by atoms with Gasteiger partial charge in [-0.2, -0.15) is 0 Å². The van der Waals surface area contributed by atoms with Gasteiger partial charge in [0.2, 0.25) is 5.91 Å². The summed E-state index contributed by atoms with van der Waals surface area (Å²) in [7, 11) is 0. The second-order valence-corrected chi connectivity index (χ2v) is 8.65. The van der Waals surface area contributed by atoms with Crippen LogP contribution in [0.25, 0.3) is 0 Å². The Labute approximate surface area is 202 Å². The summed E-state index contributed by atoms with van der Waals surface area (Å²) >= 11 is 1.47. The van der Waals surface area contributed by atoms with Crippen molar-refractivity contribution in [2.45, 2.75) is 32.1 Å². The first-order chi connectivity index (χ1) is 16.5. The first-order valence-electron chi connectivity index (χ1n) is 11.1. The van der Waals surface area contributed by atoms with Crippen LogP contribution in [-0.2, 0) is 9.53 Å². The quantitative estimate of drug-likeness (QED) is 0.418. The lowest BCUT2D eigenvalue weighted by Gasteiger charge is -2.30. The number of piperidine rings is 1. The van der Waals surface area contributed by atoms with Crippen molar-refractivity contribution in [1.82, 2.24) is 15.2 Å². The summed E-state index contributed by atoms with van der Waals surface area (Å²) in [6.45, 7) is 3.45. The largest absolute Gasteiger partial charge is 0.493 e. The number of anilines is 1. The summed E-state index contributed by atoms with van der Waals surface area (Å²) in [5.74, 6) is 2.79. The molecule has 10 heteroatoms. The minimum absolute atomic E-state index is 0.0262. The highest BCUT2D eigenvalue weighted by molar-refractivity contribution is 7.09. The number of rotatable bonds is 9. The number of hydrogen-bond donors (Lipinski definition) is 2. The van der Waals surface area contributed by atoms with Crippen LogP contribution in [0, 0.1) is 12.3 Å². The minimum Gasteiger partial charge on any atom is -0.493 e. The molecule has 180 valence electrons. The third-order valence-electron chi connectivity index (χ3n) is 5.17. The molecule has 2 N–H and O–H groups in total. The number of likely N-dealkylation sites (tertiary alicyclic amines) is 1. The average Bonchev–Trinajstić information content (AvgIpc) is 3.33. The van der Waals surface area contributed by atoms with Crippen molar-refractivity contribution in [2.75, 3.05) is 38.2 Å². The van der Waals surface area contributed by atoms with E-state index in [9.17, 15) is 14.4 Å². The second-order valence-electron chi connectivity index (χ2n) is 7.76. The predicted octanol–water partition coefficient (Wildman–Crippen LogP) is 3.25. The summed E-state index contributed by atoms with van der Waals surface area (Å²) < 4.78 is 10.7. The molecule has 0 unspecified atom stereocenters. The van der Waals surface area contributed by atoms with Gasteiger partial charge in [0.1, 0.15) is 11.4 Å². The maximum absolute atomic E-state index is 12.4. The van der Waals surface area contributed by atoms with Gasteiger partial charge in [0.15, 0.2) is 6.61 Å². The van der Waals surface area contributed by atoms with Crippen molar-refractivity contribution in [2.24, 2.45) is 0 Å². The van der Waals surface area contributed by atoms with E-state index in [1.807, 2.05) is 6.07 Å². The number of ether oxygens (including phenoxy) is 2. The van der Waals surface area contributed by atoms with Crippen LogP contribution in [0.3, 0.4) is 0 Å². The average molecular weight is 485 g/mol. The molecule has 2 heterocycles. The van der Waals surface area contributed by atoms with Crippen LogP contribution >= 0.6 is 11.3 Å². The SMILES string of the molecule is C#CCOC(=O)N1CCC(c2nc(C(=O)NCCCOc3cccc(NC(C)=O)c3)cs2)CC1. The van der Waals surface area contributed by atoms with Crippen molar-refractivity contribution in [3.8, 4) is 18.1 Å². The number of nitrogens with one attached hydrogen (secondary N) is 2. The van der Waals surface area contributed by atoms with Crippen LogP contribution < -0.4 is 15.4 Å². The van der Waals surface area contributed by atoms with E-state index in [1.54, 1.807) is 28.5 Å². The molecule has 9 nitrogen and oxygen atoms in total. The summed E-state index contributed by atoms with van der Waals surface area (Å²) in [6.07, 6.45) is 6.88. The Morgan fingerprint density at radius 1 is 1.29 bits per heavy atom. The maximum Gasteiger partial charge on any atom is 0.410 e. The standard InChI is InChI=1S/C24H28N4O5S/c1-3-13-33-24(31)28-11-8-18(9-12-28)23-27-21(16-34-23)22(30)25-10-5-14-32-20-7-4-6-19(15-20)26-17(2)29/h1,4,6-7,15-16,18H,5,8-14H2,2H3,(H,25,30)(H,26,29). The van der Waals surface area contributed by atoms with E-state index in [-0.39, 0.29) is 30.4 Å². The number of benzene rings is 1. The molecule has 34 heavy (non-hydrogen) atoms. The first kappa shape index (κ1) is 25.1. The van der Waals surface area contributed by atoms with Crippen molar-refractivity contribution in [1.29, 1.82) is 0 Å². The molecule has 1 aromatic heterocycles. The number of thiazole rings is 1.